The fraction of sp³-hybridized carbons (Fsp3) is 0.542. The monoisotopic (exact) mass is 551 g/mol. The van der Waals surface area contributed by atoms with Gasteiger partial charge in [-0.15, -0.1) is 24.0 Å². The molecule has 1 atom stereocenters. The third kappa shape index (κ3) is 6.24. The molecule has 2 aromatic rings. The third-order valence-electron chi connectivity index (χ3n) is 6.31. The molecule has 2 aliphatic rings. The Hall–Kier alpha value is -2.10. The summed E-state index contributed by atoms with van der Waals surface area (Å²) in [7, 11) is 1.76. The molecule has 0 radical (unpaired) electrons. The van der Waals surface area contributed by atoms with Crippen molar-refractivity contribution in [3.8, 4) is 11.5 Å². The number of carbonyl (C=O) groups excluding carboxylic acids is 1. The van der Waals surface area contributed by atoms with Gasteiger partial charge in [-0.1, -0.05) is 37.0 Å². The molecule has 32 heavy (non-hydrogen) atoms. The number of aromatic nitrogens is 1. The normalized spacial score (nSPS) is 19.5. The summed E-state index contributed by atoms with van der Waals surface area (Å²) in [6.07, 6.45) is 8.38. The predicted octanol–water partition coefficient (Wildman–Crippen LogP) is 4.11. The number of guanidine groups is 1. The van der Waals surface area contributed by atoms with E-state index in [2.05, 4.69) is 27.5 Å². The molecule has 174 valence electrons. The summed E-state index contributed by atoms with van der Waals surface area (Å²) in [5.41, 5.74) is 2.99. The van der Waals surface area contributed by atoms with E-state index in [1.54, 1.807) is 13.3 Å². The molecule has 2 N–H and O–H groups in total. The molecule has 1 unspecified atom stereocenters. The second-order valence-corrected chi connectivity index (χ2v) is 8.68. The second-order valence-electron chi connectivity index (χ2n) is 8.68. The van der Waals surface area contributed by atoms with Crippen LogP contribution in [-0.4, -0.2) is 47.9 Å². The number of nitrogens with one attached hydrogen (secondary N) is 2. The van der Waals surface area contributed by atoms with E-state index in [1.165, 1.54) is 24.8 Å². The van der Waals surface area contributed by atoms with Crippen LogP contribution in [0.1, 0.15) is 49.8 Å². The van der Waals surface area contributed by atoms with Crippen LogP contribution in [0.2, 0.25) is 0 Å². The topological polar surface area (TPSA) is 82.8 Å². The minimum atomic E-state index is 0. The highest BCUT2D eigenvalue weighted by molar-refractivity contribution is 14.0. The zero-order chi connectivity index (χ0) is 21.6. The summed E-state index contributed by atoms with van der Waals surface area (Å²) in [6, 6.07) is 8.35. The van der Waals surface area contributed by atoms with E-state index in [9.17, 15) is 4.79 Å². The summed E-state index contributed by atoms with van der Waals surface area (Å²) in [5.74, 6) is 1.92. The SMILES string of the molecule is CN=C(NCc1coc(-c2ccc(C)cc2)n1)NC1CCN(C(=O)C2CCCCC2)C1.I. The van der Waals surface area contributed by atoms with Gasteiger partial charge in [-0.05, 0) is 38.3 Å². The minimum absolute atomic E-state index is 0. The van der Waals surface area contributed by atoms with Crippen LogP contribution in [0.3, 0.4) is 0 Å². The molecule has 1 aromatic heterocycles. The van der Waals surface area contributed by atoms with E-state index in [-0.39, 0.29) is 35.9 Å². The van der Waals surface area contributed by atoms with Crippen LogP contribution >= 0.6 is 24.0 Å². The predicted molar refractivity (Wildman–Crippen MR) is 137 cm³/mol. The molecule has 4 rings (SSSR count). The molecule has 8 heteroatoms. The summed E-state index contributed by atoms with van der Waals surface area (Å²) >= 11 is 0. The van der Waals surface area contributed by atoms with Crippen LogP contribution in [0, 0.1) is 12.8 Å². The number of amides is 1. The van der Waals surface area contributed by atoms with Gasteiger partial charge < -0.3 is 20.0 Å². The van der Waals surface area contributed by atoms with Crippen molar-refractivity contribution in [2.45, 2.75) is 58.0 Å². The lowest BCUT2D eigenvalue weighted by atomic mass is 9.88. The van der Waals surface area contributed by atoms with E-state index in [0.717, 1.165) is 49.6 Å². The van der Waals surface area contributed by atoms with Gasteiger partial charge in [0.05, 0.1) is 12.2 Å². The molecule has 2 fully saturated rings. The molecule has 0 bridgehead atoms. The van der Waals surface area contributed by atoms with E-state index >= 15 is 0 Å². The minimum Gasteiger partial charge on any atom is -0.444 e. The highest BCUT2D eigenvalue weighted by atomic mass is 127. The number of carbonyl (C=O) groups is 1. The van der Waals surface area contributed by atoms with Crippen LogP contribution in [0.4, 0.5) is 0 Å². The van der Waals surface area contributed by atoms with E-state index in [4.69, 9.17) is 4.42 Å². The van der Waals surface area contributed by atoms with Gasteiger partial charge in [0.2, 0.25) is 11.8 Å². The standard InChI is InChI=1S/C24H33N5O2.HI/c1-17-8-10-18(11-9-17)22-27-21(16-31-22)14-26-24(25-2)28-20-12-13-29(15-20)23(30)19-6-4-3-5-7-19;/h8-11,16,19-20H,3-7,12-15H2,1-2H3,(H2,25,26,28);1H. The zero-order valence-corrected chi connectivity index (χ0v) is 21.3. The second kappa shape index (κ2) is 11.7. The Bertz CT molecular complexity index is 905. The Balaban J connectivity index is 0.00000289. The highest BCUT2D eigenvalue weighted by Crippen LogP contribution is 2.26. The number of halogens is 1. The summed E-state index contributed by atoms with van der Waals surface area (Å²) in [5, 5.41) is 6.76. The summed E-state index contributed by atoms with van der Waals surface area (Å²) < 4.78 is 5.63. The Labute approximate surface area is 207 Å². The van der Waals surface area contributed by atoms with Crippen molar-refractivity contribution in [3.05, 3.63) is 41.8 Å². The van der Waals surface area contributed by atoms with E-state index < -0.39 is 0 Å². The fourth-order valence-corrected chi connectivity index (χ4v) is 4.47. The molecular formula is C24H34IN5O2. The van der Waals surface area contributed by atoms with Crippen LogP contribution in [0.25, 0.3) is 11.5 Å². The molecule has 1 amide bonds. The number of nitrogens with zero attached hydrogens (tertiary/aromatic N) is 3. The molecule has 1 saturated heterocycles. The Kier molecular flexibility index (Phi) is 8.95. The summed E-state index contributed by atoms with van der Waals surface area (Å²) in [4.78, 5) is 23.7. The number of likely N-dealkylation sites (tertiary alicyclic amines) is 1. The number of oxazole rings is 1. The Morgan fingerprint density at radius 1 is 1.19 bits per heavy atom. The maximum absolute atomic E-state index is 12.8. The smallest absolute Gasteiger partial charge is 0.226 e. The summed E-state index contributed by atoms with van der Waals surface area (Å²) in [6.45, 7) is 4.15. The number of hydrogen-bond acceptors (Lipinski definition) is 4. The van der Waals surface area contributed by atoms with Crippen molar-refractivity contribution in [1.29, 1.82) is 0 Å². The molecule has 1 aliphatic heterocycles. The number of hydrogen-bond donors (Lipinski definition) is 2. The van der Waals surface area contributed by atoms with Crippen molar-refractivity contribution in [3.63, 3.8) is 0 Å². The van der Waals surface area contributed by atoms with Gasteiger partial charge in [-0.25, -0.2) is 4.98 Å². The first-order valence-electron chi connectivity index (χ1n) is 11.4. The van der Waals surface area contributed by atoms with E-state index in [0.29, 0.717) is 18.3 Å². The first-order valence-corrected chi connectivity index (χ1v) is 11.4. The third-order valence-corrected chi connectivity index (χ3v) is 6.31. The molecule has 0 spiro atoms. The molecule has 1 aliphatic carbocycles. The van der Waals surface area contributed by atoms with Crippen LogP contribution in [-0.2, 0) is 11.3 Å². The van der Waals surface area contributed by atoms with Crippen molar-refractivity contribution in [2.24, 2.45) is 10.9 Å². The maximum atomic E-state index is 12.8. The first-order chi connectivity index (χ1) is 15.1. The number of benzene rings is 1. The van der Waals surface area contributed by atoms with Crippen molar-refractivity contribution < 1.29 is 9.21 Å². The lowest BCUT2D eigenvalue weighted by molar-refractivity contribution is -0.135. The molecule has 7 nitrogen and oxygen atoms in total. The maximum Gasteiger partial charge on any atom is 0.226 e. The van der Waals surface area contributed by atoms with Gasteiger partial charge in [-0.3, -0.25) is 9.79 Å². The number of rotatable bonds is 5. The zero-order valence-electron chi connectivity index (χ0n) is 19.0. The van der Waals surface area contributed by atoms with E-state index in [1.807, 2.05) is 29.2 Å². The molecule has 1 aromatic carbocycles. The highest BCUT2D eigenvalue weighted by Gasteiger charge is 2.31. The number of aliphatic imine (C=N–C) groups is 1. The van der Waals surface area contributed by atoms with Crippen LogP contribution < -0.4 is 10.6 Å². The Morgan fingerprint density at radius 3 is 2.66 bits per heavy atom. The van der Waals surface area contributed by atoms with Gasteiger partial charge in [0.25, 0.3) is 0 Å². The number of aryl methyl sites for hydroxylation is 1. The molecular weight excluding hydrogens is 517 g/mol. The van der Waals surface area contributed by atoms with Crippen molar-refractivity contribution in [1.82, 2.24) is 20.5 Å². The van der Waals surface area contributed by atoms with Gasteiger partial charge >= 0.3 is 0 Å². The van der Waals surface area contributed by atoms with Crippen LogP contribution in [0.5, 0.6) is 0 Å². The van der Waals surface area contributed by atoms with Crippen molar-refractivity contribution in [2.75, 3.05) is 20.1 Å². The van der Waals surface area contributed by atoms with Gasteiger partial charge in [0.1, 0.15) is 6.26 Å². The fourth-order valence-electron chi connectivity index (χ4n) is 4.47. The largest absolute Gasteiger partial charge is 0.444 e. The lowest BCUT2D eigenvalue weighted by Crippen LogP contribution is -2.45. The van der Waals surface area contributed by atoms with Gasteiger partial charge in [0, 0.05) is 37.7 Å². The average Bonchev–Trinajstić information content (AvgIpc) is 3.47. The lowest BCUT2D eigenvalue weighted by Gasteiger charge is -2.26. The first kappa shape index (κ1) is 24.5. The molecule has 1 saturated carbocycles. The quantitative estimate of drug-likeness (QED) is 0.332. The Morgan fingerprint density at radius 2 is 1.94 bits per heavy atom. The van der Waals surface area contributed by atoms with Gasteiger partial charge in [0.15, 0.2) is 5.96 Å². The van der Waals surface area contributed by atoms with Gasteiger partial charge in [-0.2, -0.15) is 0 Å². The average molecular weight is 551 g/mol. The molecule has 2 heterocycles. The van der Waals surface area contributed by atoms with Crippen LogP contribution in [0.15, 0.2) is 39.9 Å². The van der Waals surface area contributed by atoms with Crippen molar-refractivity contribution >= 4 is 35.8 Å².